The third-order valence-corrected chi connectivity index (χ3v) is 10.8. The molecule has 2 aromatic heterocycles. The topological polar surface area (TPSA) is 271 Å². The van der Waals surface area contributed by atoms with Gasteiger partial charge in [0.25, 0.3) is 6.43 Å². The molecule has 0 spiro atoms. The Hall–Kier alpha value is -4.63. The van der Waals surface area contributed by atoms with E-state index >= 15 is 0 Å². The van der Waals surface area contributed by atoms with Crippen LogP contribution in [0.25, 0.3) is 0 Å². The van der Waals surface area contributed by atoms with Gasteiger partial charge in [-0.25, -0.2) is 56.1 Å². The van der Waals surface area contributed by atoms with Crippen LogP contribution in [0, 0.1) is 27.7 Å². The largest absolute Gasteiger partial charge is 0.381 e. The van der Waals surface area contributed by atoms with Gasteiger partial charge in [-0.3, -0.25) is 10.6 Å². The molecule has 4 N–H and O–H groups in total. The second-order valence-electron chi connectivity index (χ2n) is 11.8. The van der Waals surface area contributed by atoms with E-state index in [4.69, 9.17) is 28.7 Å². The zero-order chi connectivity index (χ0) is 45.8. The zero-order valence-electron chi connectivity index (χ0n) is 32.7. The Labute approximate surface area is 359 Å². The molecule has 0 bridgehead atoms. The smallest absolute Gasteiger partial charge is 0.274 e. The summed E-state index contributed by atoms with van der Waals surface area (Å²) in [7, 11) is 6.08. The standard InChI is InChI=1S/C15H17ClF2N6O5S2.C15H18F2N6O5S2/c1-8-5-6-10(11(7-8)31(27)29-24(3)4)30(26)28-23-14(25)22-13-20-9(2)19-12(21-13)15(16,17)18;1-8-5-6-10(11(7-8)30(26)28-23(3)4)29(25)27-22-15(24)21-14-19-9(2)18-13(20-14)12(16)17/h5-7H,1-4H3,(H2,19,20,21,22,23,25);5-7,12H,1-4H3,(H2,18,19,20,21,22,24). The first kappa shape index (κ1) is 50.7. The number of benzene rings is 2. The van der Waals surface area contributed by atoms with E-state index in [1.165, 1.54) is 76.4 Å². The van der Waals surface area contributed by atoms with Crippen LogP contribution in [0.1, 0.15) is 40.8 Å². The summed E-state index contributed by atoms with van der Waals surface area (Å²) in [6.45, 7) is 6.10. The number of aromatic nitrogens is 6. The van der Waals surface area contributed by atoms with Crippen LogP contribution in [-0.2, 0) is 66.8 Å². The maximum atomic E-state index is 13.2. The Bertz CT molecular complexity index is 2320. The summed E-state index contributed by atoms with van der Waals surface area (Å²) in [6.07, 6.45) is -2.95. The molecule has 0 fully saturated rings. The van der Waals surface area contributed by atoms with Gasteiger partial charge in [0.05, 0.1) is 19.6 Å². The van der Waals surface area contributed by atoms with Crippen molar-refractivity contribution in [2.24, 2.45) is 0 Å². The number of alkyl halides is 5. The molecule has 0 radical (unpaired) electrons. The number of anilines is 2. The van der Waals surface area contributed by atoms with Gasteiger partial charge >= 0.3 is 17.4 Å². The monoisotopic (exact) mass is 962 g/mol. The van der Waals surface area contributed by atoms with Crippen molar-refractivity contribution in [2.75, 3.05) is 38.8 Å². The Morgan fingerprint density at radius 2 is 1.05 bits per heavy atom. The highest BCUT2D eigenvalue weighted by atomic mass is 35.5. The molecule has 0 aliphatic carbocycles. The maximum Gasteiger partial charge on any atom is 0.381 e. The number of urea groups is 2. The number of carbonyl (C=O) groups excluding carboxylic acids is 2. The summed E-state index contributed by atoms with van der Waals surface area (Å²) >= 11 is -3.68. The summed E-state index contributed by atoms with van der Waals surface area (Å²) in [4.78, 5) is 44.9. The van der Waals surface area contributed by atoms with Crippen molar-refractivity contribution in [1.82, 2.24) is 51.0 Å². The van der Waals surface area contributed by atoms with Gasteiger partial charge in [-0.2, -0.15) is 56.0 Å². The fourth-order valence-corrected chi connectivity index (χ4v) is 7.85. The first-order chi connectivity index (χ1) is 28.4. The SMILES string of the molecule is Cc1ccc(S(=O)ONC(=O)Nc2nc(C)nc(C(F)(F)Cl)n2)c(S(=O)ON(C)C)c1.Cc1ccc(S(=O)ONC(=O)Nc2nc(C)nc(C(F)F)n2)c(S(=O)ON(C)C)c1. The predicted octanol–water partition coefficient (Wildman–Crippen LogP) is 3.79. The van der Waals surface area contributed by atoms with Gasteiger partial charge < -0.3 is 0 Å². The van der Waals surface area contributed by atoms with Gasteiger partial charge in [-0.05, 0) is 74.7 Å². The molecule has 0 saturated heterocycles. The number of hydrogen-bond acceptors (Lipinski definition) is 18. The molecule has 334 valence electrons. The fourth-order valence-electron chi connectivity index (χ4n) is 3.93. The van der Waals surface area contributed by atoms with Gasteiger partial charge in [-0.15, -0.1) is 0 Å². The van der Waals surface area contributed by atoms with Crippen LogP contribution in [0.5, 0.6) is 0 Å². The number of rotatable bonds is 16. The van der Waals surface area contributed by atoms with E-state index in [0.717, 1.165) is 5.56 Å². The minimum Gasteiger partial charge on any atom is -0.274 e. The Kier molecular flexibility index (Phi) is 19.1. The van der Waals surface area contributed by atoms with E-state index in [0.29, 0.717) is 5.56 Å². The molecule has 2 heterocycles. The number of nitrogens with one attached hydrogen (secondary N) is 4. The molecule has 2 aromatic carbocycles. The van der Waals surface area contributed by atoms with Crippen molar-refractivity contribution in [3.63, 3.8) is 0 Å². The Morgan fingerprint density at radius 1 is 0.639 bits per heavy atom. The first-order valence-electron chi connectivity index (χ1n) is 16.3. The van der Waals surface area contributed by atoms with Gasteiger partial charge in [-0.1, -0.05) is 12.1 Å². The van der Waals surface area contributed by atoms with Crippen LogP contribution < -0.4 is 21.6 Å². The maximum absolute atomic E-state index is 13.2. The molecular formula is C30H35ClF4N12O10S4. The number of hydrogen-bond donors (Lipinski definition) is 4. The third kappa shape index (κ3) is 16.6. The van der Waals surface area contributed by atoms with Gasteiger partial charge in [0.1, 0.15) is 11.6 Å². The van der Waals surface area contributed by atoms with Crippen molar-refractivity contribution < 1.29 is 61.1 Å². The number of hydroxylamine groups is 6. The highest BCUT2D eigenvalue weighted by Crippen LogP contribution is 2.30. The van der Waals surface area contributed by atoms with Crippen LogP contribution in [0.15, 0.2) is 56.0 Å². The molecule has 4 aromatic rings. The number of amides is 4. The lowest BCUT2D eigenvalue weighted by Crippen LogP contribution is -2.31. The van der Waals surface area contributed by atoms with Crippen LogP contribution in [0.2, 0.25) is 0 Å². The second kappa shape index (κ2) is 23.0. The number of nitrogens with zero attached hydrogens (tertiary/aromatic N) is 8. The van der Waals surface area contributed by atoms with E-state index in [1.807, 2.05) is 16.3 Å². The summed E-state index contributed by atoms with van der Waals surface area (Å²) in [5.41, 5.74) is 5.08. The van der Waals surface area contributed by atoms with E-state index in [-0.39, 0.29) is 31.2 Å². The quantitative estimate of drug-likeness (QED) is 0.0707. The Morgan fingerprint density at radius 3 is 1.44 bits per heavy atom. The molecule has 4 unspecified atom stereocenters. The summed E-state index contributed by atoms with van der Waals surface area (Å²) in [5, 5.41) is 2.62. The Balaban J connectivity index is 0.000000325. The molecular weight excluding hydrogens is 928 g/mol. The van der Waals surface area contributed by atoms with Gasteiger partial charge in [0.15, 0.2) is 0 Å². The molecule has 0 saturated carbocycles. The average Bonchev–Trinajstić information content (AvgIpc) is 3.14. The normalized spacial score (nSPS) is 13.5. The molecule has 22 nitrogen and oxygen atoms in total. The van der Waals surface area contributed by atoms with Gasteiger partial charge in [0.2, 0.25) is 67.9 Å². The number of halogens is 5. The van der Waals surface area contributed by atoms with Crippen LogP contribution in [-0.4, -0.2) is 97.1 Å². The molecule has 0 aliphatic heterocycles. The highest BCUT2D eigenvalue weighted by Gasteiger charge is 2.33. The summed E-state index contributed by atoms with van der Waals surface area (Å²) in [5.74, 6) is -3.01. The predicted molar refractivity (Wildman–Crippen MR) is 208 cm³/mol. The first-order valence-corrected chi connectivity index (χ1v) is 21.0. The number of carbonyl (C=O) groups is 2. The zero-order valence-corrected chi connectivity index (χ0v) is 36.7. The van der Waals surface area contributed by atoms with Crippen molar-refractivity contribution in [3.8, 4) is 0 Å². The highest BCUT2D eigenvalue weighted by molar-refractivity contribution is 7.83. The summed E-state index contributed by atoms with van der Waals surface area (Å²) in [6, 6.07) is 6.77. The van der Waals surface area contributed by atoms with E-state index in [2.05, 4.69) is 35.2 Å². The minimum atomic E-state index is -3.87. The molecule has 4 rings (SSSR count). The molecule has 0 aliphatic rings. The van der Waals surface area contributed by atoms with E-state index in [9.17, 15) is 44.0 Å². The fraction of sp³-hybridized carbons (Fsp3) is 0.333. The minimum absolute atomic E-state index is 0.00271. The summed E-state index contributed by atoms with van der Waals surface area (Å²) < 4.78 is 121. The average molecular weight is 963 g/mol. The van der Waals surface area contributed by atoms with Gasteiger partial charge in [0, 0.05) is 28.2 Å². The lowest BCUT2D eigenvalue weighted by atomic mass is 10.2. The number of aryl methyl sites for hydroxylation is 4. The lowest BCUT2D eigenvalue weighted by molar-refractivity contribution is 0.0132. The molecule has 4 atom stereocenters. The van der Waals surface area contributed by atoms with Crippen LogP contribution in [0.4, 0.5) is 39.0 Å². The van der Waals surface area contributed by atoms with E-state index < -0.39 is 91.7 Å². The van der Waals surface area contributed by atoms with Crippen molar-refractivity contribution in [1.29, 1.82) is 0 Å². The van der Waals surface area contributed by atoms with Crippen LogP contribution >= 0.6 is 11.6 Å². The third-order valence-electron chi connectivity index (χ3n) is 6.18. The van der Waals surface area contributed by atoms with Crippen molar-refractivity contribution in [2.45, 2.75) is 59.1 Å². The van der Waals surface area contributed by atoms with Crippen molar-refractivity contribution >= 4 is 79.9 Å². The molecule has 4 amide bonds. The second-order valence-corrected chi connectivity index (χ2v) is 16.5. The molecule has 61 heavy (non-hydrogen) atoms. The van der Waals surface area contributed by atoms with Crippen molar-refractivity contribution in [3.05, 3.63) is 70.8 Å². The van der Waals surface area contributed by atoms with E-state index in [1.54, 1.807) is 26.0 Å². The lowest BCUT2D eigenvalue weighted by Gasteiger charge is -2.13. The molecule has 31 heteroatoms. The van der Waals surface area contributed by atoms with Crippen LogP contribution in [0.3, 0.4) is 0 Å².